The van der Waals surface area contributed by atoms with Crippen LogP contribution in [0, 0.1) is 0 Å². The van der Waals surface area contributed by atoms with Gasteiger partial charge in [-0.05, 0) is 63.3 Å². The molecular weight excluding hydrogens is 434 g/mol. The van der Waals surface area contributed by atoms with E-state index in [1.807, 2.05) is 43.3 Å². The molecule has 0 unspecified atom stereocenters. The van der Waals surface area contributed by atoms with Gasteiger partial charge in [0.1, 0.15) is 5.75 Å². The zero-order valence-corrected chi connectivity index (χ0v) is 19.9. The van der Waals surface area contributed by atoms with Crippen molar-refractivity contribution in [3.05, 3.63) is 70.5 Å². The number of benzene rings is 2. The number of ether oxygens (including phenoxy) is 1. The van der Waals surface area contributed by atoms with Gasteiger partial charge in [-0.25, -0.2) is 4.98 Å². The molecule has 0 aliphatic heterocycles. The van der Waals surface area contributed by atoms with E-state index in [2.05, 4.69) is 11.4 Å². The monoisotopic (exact) mass is 463 g/mol. The minimum absolute atomic E-state index is 0.0593. The Hall–Kier alpha value is -3.06. The van der Waals surface area contributed by atoms with Crippen LogP contribution < -0.4 is 15.6 Å². The molecular formula is C26H29N3O3S. The van der Waals surface area contributed by atoms with Crippen LogP contribution in [0.5, 0.6) is 5.75 Å². The summed E-state index contributed by atoms with van der Waals surface area (Å²) in [7, 11) is 1.59. The van der Waals surface area contributed by atoms with Gasteiger partial charge in [-0.15, -0.1) is 0 Å². The highest BCUT2D eigenvalue weighted by atomic mass is 32.2. The molecule has 0 saturated heterocycles. The predicted molar refractivity (Wildman–Crippen MR) is 133 cm³/mol. The summed E-state index contributed by atoms with van der Waals surface area (Å²) in [4.78, 5) is 30.9. The largest absolute Gasteiger partial charge is 0.497 e. The van der Waals surface area contributed by atoms with Crippen LogP contribution in [-0.4, -0.2) is 34.4 Å². The second kappa shape index (κ2) is 10.7. The fourth-order valence-corrected chi connectivity index (χ4v) is 4.95. The minimum atomic E-state index is -0.407. The van der Waals surface area contributed by atoms with Gasteiger partial charge < -0.3 is 10.1 Å². The molecule has 1 amide bonds. The van der Waals surface area contributed by atoms with Gasteiger partial charge >= 0.3 is 0 Å². The van der Waals surface area contributed by atoms with Crippen molar-refractivity contribution in [1.29, 1.82) is 0 Å². The number of nitrogens with zero attached hydrogens (tertiary/aromatic N) is 2. The number of amides is 1. The predicted octanol–water partition coefficient (Wildman–Crippen LogP) is 4.88. The molecule has 2 aromatic carbocycles. The van der Waals surface area contributed by atoms with E-state index in [-0.39, 0.29) is 11.5 Å². The first-order valence-corrected chi connectivity index (χ1v) is 12.2. The van der Waals surface area contributed by atoms with E-state index < -0.39 is 5.25 Å². The normalized spacial score (nSPS) is 14.5. The lowest BCUT2D eigenvalue weighted by molar-refractivity contribution is -0.120. The van der Waals surface area contributed by atoms with E-state index in [9.17, 15) is 9.59 Å². The molecule has 6 nitrogen and oxygen atoms in total. The maximum atomic E-state index is 13.4. The zero-order valence-electron chi connectivity index (χ0n) is 19.0. The molecule has 33 heavy (non-hydrogen) atoms. The maximum absolute atomic E-state index is 13.4. The van der Waals surface area contributed by atoms with Gasteiger partial charge in [-0.1, -0.05) is 41.6 Å². The summed E-state index contributed by atoms with van der Waals surface area (Å²) >= 11 is 1.29. The van der Waals surface area contributed by atoms with Crippen molar-refractivity contribution in [1.82, 2.24) is 14.9 Å². The smallest absolute Gasteiger partial charge is 0.266 e. The molecule has 0 bridgehead atoms. The second-order valence-corrected chi connectivity index (χ2v) is 9.47. The number of hydrogen-bond acceptors (Lipinski definition) is 5. The van der Waals surface area contributed by atoms with Gasteiger partial charge in [0.2, 0.25) is 5.91 Å². The summed E-state index contributed by atoms with van der Waals surface area (Å²) in [6.45, 7) is 2.47. The lowest BCUT2D eigenvalue weighted by atomic mass is 9.97. The van der Waals surface area contributed by atoms with Crippen molar-refractivity contribution in [2.24, 2.45) is 0 Å². The summed E-state index contributed by atoms with van der Waals surface area (Å²) in [6.07, 6.45) is 7.98. The van der Waals surface area contributed by atoms with Gasteiger partial charge in [0.05, 0.1) is 29.0 Å². The third-order valence-corrected chi connectivity index (χ3v) is 6.89. The van der Waals surface area contributed by atoms with E-state index >= 15 is 0 Å². The van der Waals surface area contributed by atoms with Gasteiger partial charge in [-0.3, -0.25) is 14.2 Å². The zero-order chi connectivity index (χ0) is 23.2. The Bertz CT molecular complexity index is 1230. The van der Waals surface area contributed by atoms with E-state index in [1.165, 1.54) is 30.2 Å². The number of aromatic nitrogens is 2. The number of thioether (sulfide) groups is 1. The van der Waals surface area contributed by atoms with E-state index in [1.54, 1.807) is 23.8 Å². The molecule has 7 heteroatoms. The van der Waals surface area contributed by atoms with Crippen LogP contribution in [-0.2, 0) is 4.79 Å². The first kappa shape index (κ1) is 23.1. The molecule has 1 aromatic heterocycles. The Morgan fingerprint density at radius 3 is 2.85 bits per heavy atom. The molecule has 1 aliphatic rings. The molecule has 1 atom stereocenters. The van der Waals surface area contributed by atoms with Crippen LogP contribution >= 0.6 is 11.8 Å². The number of hydrogen-bond donors (Lipinski definition) is 1. The van der Waals surface area contributed by atoms with E-state index in [0.717, 1.165) is 19.3 Å². The first-order valence-electron chi connectivity index (χ1n) is 11.4. The van der Waals surface area contributed by atoms with Crippen LogP contribution in [0.15, 0.2) is 70.1 Å². The Kier molecular flexibility index (Phi) is 7.50. The summed E-state index contributed by atoms with van der Waals surface area (Å²) in [5, 5.41) is 3.64. The number of allylic oxidation sites excluding steroid dienone is 1. The molecule has 1 heterocycles. The number of para-hydroxylation sites is 1. The molecule has 3 aromatic rings. The lowest BCUT2D eigenvalue weighted by Crippen LogP contribution is -2.32. The fraction of sp³-hybridized carbons (Fsp3) is 0.346. The number of methoxy groups -OCH3 is 1. The van der Waals surface area contributed by atoms with Crippen molar-refractivity contribution in [2.45, 2.75) is 49.4 Å². The quantitative estimate of drug-likeness (QED) is 0.293. The van der Waals surface area contributed by atoms with Crippen LogP contribution in [0.3, 0.4) is 0 Å². The number of carbonyl (C=O) groups is 1. The van der Waals surface area contributed by atoms with Crippen molar-refractivity contribution in [3.63, 3.8) is 0 Å². The van der Waals surface area contributed by atoms with Crippen LogP contribution in [0.4, 0.5) is 0 Å². The molecule has 1 aliphatic carbocycles. The van der Waals surface area contributed by atoms with Gasteiger partial charge in [0.15, 0.2) is 5.16 Å². The third kappa shape index (κ3) is 5.47. The van der Waals surface area contributed by atoms with Crippen molar-refractivity contribution in [3.8, 4) is 11.4 Å². The SMILES string of the molecule is COc1cccc(-n2c(S[C@H](C)C(=O)NCCC3=CCCCC3)nc3ccccc3c2=O)c1. The lowest BCUT2D eigenvalue weighted by Gasteiger charge is -2.17. The summed E-state index contributed by atoms with van der Waals surface area (Å²) in [5.74, 6) is 0.585. The standard InChI is InChI=1S/C26H29N3O3S/c1-18(24(30)27-16-15-19-9-4-3-5-10-19)33-26-28-23-14-7-6-13-22(23)25(31)29(26)20-11-8-12-21(17-20)32-2/h6-9,11-14,17-18H,3-5,10,15-16H2,1-2H3,(H,27,30)/t18-/m1/s1. The Labute approximate surface area is 198 Å². The third-order valence-electron chi connectivity index (χ3n) is 5.84. The average molecular weight is 464 g/mol. The topological polar surface area (TPSA) is 73.2 Å². The van der Waals surface area contributed by atoms with Gasteiger partial charge in [-0.2, -0.15) is 0 Å². The number of carbonyl (C=O) groups excluding carboxylic acids is 1. The molecule has 0 fully saturated rings. The Balaban J connectivity index is 1.58. The number of nitrogens with one attached hydrogen (secondary N) is 1. The average Bonchev–Trinajstić information content (AvgIpc) is 2.85. The van der Waals surface area contributed by atoms with Crippen molar-refractivity contribution < 1.29 is 9.53 Å². The molecule has 1 N–H and O–H groups in total. The van der Waals surface area contributed by atoms with Crippen LogP contribution in [0.2, 0.25) is 0 Å². The second-order valence-electron chi connectivity index (χ2n) is 8.16. The summed E-state index contributed by atoms with van der Waals surface area (Å²) in [6, 6.07) is 14.6. The van der Waals surface area contributed by atoms with Crippen molar-refractivity contribution >= 4 is 28.6 Å². The van der Waals surface area contributed by atoms with E-state index in [4.69, 9.17) is 9.72 Å². The summed E-state index contributed by atoms with van der Waals surface area (Å²) in [5.41, 5.74) is 2.52. The highest BCUT2D eigenvalue weighted by Gasteiger charge is 2.20. The van der Waals surface area contributed by atoms with Crippen LogP contribution in [0.1, 0.15) is 39.0 Å². The molecule has 0 spiro atoms. The molecule has 0 radical (unpaired) electrons. The molecule has 4 rings (SSSR count). The summed E-state index contributed by atoms with van der Waals surface area (Å²) < 4.78 is 6.91. The maximum Gasteiger partial charge on any atom is 0.266 e. The van der Waals surface area contributed by atoms with E-state index in [0.29, 0.717) is 34.0 Å². The highest BCUT2D eigenvalue weighted by Crippen LogP contribution is 2.27. The number of fused-ring (bicyclic) bond motifs is 1. The number of rotatable bonds is 8. The molecule has 172 valence electrons. The Morgan fingerprint density at radius 1 is 1.21 bits per heavy atom. The highest BCUT2D eigenvalue weighted by molar-refractivity contribution is 8.00. The minimum Gasteiger partial charge on any atom is -0.497 e. The van der Waals surface area contributed by atoms with Crippen LogP contribution in [0.25, 0.3) is 16.6 Å². The molecule has 0 saturated carbocycles. The van der Waals surface area contributed by atoms with Gasteiger partial charge in [0.25, 0.3) is 5.56 Å². The van der Waals surface area contributed by atoms with Gasteiger partial charge in [0, 0.05) is 12.6 Å². The first-order chi connectivity index (χ1) is 16.1. The fourth-order valence-electron chi connectivity index (χ4n) is 4.00. The Morgan fingerprint density at radius 2 is 2.06 bits per heavy atom. The van der Waals surface area contributed by atoms with Crippen molar-refractivity contribution in [2.75, 3.05) is 13.7 Å².